The lowest BCUT2D eigenvalue weighted by Crippen LogP contribution is -2.74. The molecular formula is C18H18N4O5S4. The van der Waals surface area contributed by atoms with E-state index in [1.165, 1.54) is 59.1 Å². The Hall–Kier alpha value is -1.96. The number of carbonyl (C=O) groups excluding carboxylic acids is 2. The van der Waals surface area contributed by atoms with E-state index in [4.69, 9.17) is 0 Å². The van der Waals surface area contributed by atoms with Gasteiger partial charge in [-0.3, -0.25) is 19.4 Å². The van der Waals surface area contributed by atoms with Gasteiger partial charge in [0.25, 0.3) is 5.91 Å². The van der Waals surface area contributed by atoms with Crippen LogP contribution in [-0.2, 0) is 25.4 Å². The van der Waals surface area contributed by atoms with Gasteiger partial charge in [0.05, 0.1) is 6.20 Å². The Morgan fingerprint density at radius 3 is 2.87 bits per heavy atom. The molecule has 3 unspecified atom stereocenters. The highest BCUT2D eigenvalue weighted by Crippen LogP contribution is 2.46. The number of carbonyl (C=O) groups is 3. The van der Waals surface area contributed by atoms with E-state index in [0.717, 1.165) is 4.31 Å². The van der Waals surface area contributed by atoms with Gasteiger partial charge in [-0.1, -0.05) is 6.07 Å². The Labute approximate surface area is 193 Å². The second-order valence-electron chi connectivity index (χ2n) is 7.06. The molecule has 2 aliphatic heterocycles. The number of thioether (sulfide) groups is 2. The van der Waals surface area contributed by atoms with Crippen LogP contribution in [0.1, 0.15) is 6.92 Å². The predicted molar refractivity (Wildman–Crippen MR) is 118 cm³/mol. The zero-order valence-electron chi connectivity index (χ0n) is 16.2. The van der Waals surface area contributed by atoms with Crippen LogP contribution in [0.5, 0.6) is 0 Å². The van der Waals surface area contributed by atoms with Gasteiger partial charge in [0, 0.05) is 37.4 Å². The smallest absolute Gasteiger partial charge is 0.313 e. The Morgan fingerprint density at radius 1 is 1.45 bits per heavy atom. The van der Waals surface area contributed by atoms with E-state index in [0.29, 0.717) is 9.24 Å². The summed E-state index contributed by atoms with van der Waals surface area (Å²) in [6, 6.07) is 2.52. The summed E-state index contributed by atoms with van der Waals surface area (Å²) in [7, 11) is -1.79. The molecule has 0 saturated carbocycles. The number of rotatable bonds is 7. The Kier molecular flexibility index (Phi) is 6.37. The number of fused-ring (bicyclic) bond motifs is 1. The molecule has 2 aliphatic rings. The number of hydrogen-bond acceptors (Lipinski definition) is 9. The minimum Gasteiger partial charge on any atom is -0.481 e. The molecule has 2 saturated heterocycles. The van der Waals surface area contributed by atoms with E-state index < -0.39 is 39.7 Å². The predicted octanol–water partition coefficient (Wildman–Crippen LogP) is 1.56. The summed E-state index contributed by atoms with van der Waals surface area (Å²) < 4.78 is 14.5. The molecule has 2 fully saturated rings. The van der Waals surface area contributed by atoms with Gasteiger partial charge in [-0.25, -0.2) is 13.5 Å². The van der Waals surface area contributed by atoms with Crippen molar-refractivity contribution in [3.05, 3.63) is 36.1 Å². The lowest BCUT2D eigenvalue weighted by Gasteiger charge is -2.55. The van der Waals surface area contributed by atoms with E-state index in [1.54, 1.807) is 23.7 Å². The molecule has 164 valence electrons. The van der Waals surface area contributed by atoms with Crippen LogP contribution in [0.15, 0.2) is 45.3 Å². The number of hydrogen-bond donors (Lipinski definition) is 1. The quantitative estimate of drug-likeness (QED) is 0.448. The van der Waals surface area contributed by atoms with Gasteiger partial charge in [-0.2, -0.15) is 0 Å². The first-order valence-electron chi connectivity index (χ1n) is 9.13. The Morgan fingerprint density at radius 2 is 2.26 bits per heavy atom. The number of amides is 2. The summed E-state index contributed by atoms with van der Waals surface area (Å²) in [6.07, 6.45) is 4.64. The molecule has 2 amide bonds. The van der Waals surface area contributed by atoms with Gasteiger partial charge >= 0.3 is 5.97 Å². The maximum Gasteiger partial charge on any atom is 0.313 e. The van der Waals surface area contributed by atoms with E-state index in [-0.39, 0.29) is 24.0 Å². The molecule has 1 N–H and O–H groups in total. The largest absolute Gasteiger partial charge is 0.481 e. The standard InChI is InChI=1S/C18H18N4O5S4/c1-11(23)22(31(27)13-3-2-6-28-13)14-15(24)21-8-18(17(25)26,10-30-16(14)21)9-29-12-7-19-4-5-20-12/h2-7,14,16H,8-10H2,1H3,(H,25,26)/t14?,16-,18?,31?/m1/s1. The first-order valence-corrected chi connectivity index (χ1v) is 13.2. The van der Waals surface area contributed by atoms with E-state index >= 15 is 0 Å². The van der Waals surface area contributed by atoms with Gasteiger partial charge in [0.2, 0.25) is 5.91 Å². The number of carboxylic acid groups (broad SMARTS) is 1. The fourth-order valence-electron chi connectivity index (χ4n) is 3.41. The van der Waals surface area contributed by atoms with Gasteiger partial charge < -0.3 is 10.0 Å². The highest BCUT2D eigenvalue weighted by atomic mass is 32.2. The van der Waals surface area contributed by atoms with Crippen molar-refractivity contribution in [2.24, 2.45) is 5.41 Å². The van der Waals surface area contributed by atoms with Crippen molar-refractivity contribution in [1.29, 1.82) is 0 Å². The van der Waals surface area contributed by atoms with Crippen LogP contribution in [0.3, 0.4) is 0 Å². The molecule has 0 bridgehead atoms. The van der Waals surface area contributed by atoms with Gasteiger partial charge in [-0.05, 0) is 11.4 Å². The van der Waals surface area contributed by atoms with Crippen molar-refractivity contribution in [3.8, 4) is 0 Å². The maximum absolute atomic E-state index is 13.0. The second kappa shape index (κ2) is 8.88. The first-order chi connectivity index (χ1) is 14.8. The van der Waals surface area contributed by atoms with E-state index in [2.05, 4.69) is 9.97 Å². The molecule has 4 heterocycles. The highest BCUT2D eigenvalue weighted by molar-refractivity contribution is 8.00. The molecule has 31 heavy (non-hydrogen) atoms. The number of thiophene rings is 1. The van der Waals surface area contributed by atoms with Crippen molar-refractivity contribution in [2.45, 2.75) is 27.6 Å². The second-order valence-corrected chi connectivity index (χ2v) is 11.7. The summed E-state index contributed by atoms with van der Waals surface area (Å²) in [6.45, 7) is 1.31. The normalized spacial score (nSPS) is 26.0. The molecule has 0 radical (unpaired) electrons. The molecule has 4 atom stereocenters. The minimum absolute atomic E-state index is 0.0278. The van der Waals surface area contributed by atoms with Crippen molar-refractivity contribution in [1.82, 2.24) is 19.2 Å². The number of aliphatic carboxylic acids is 1. The zero-order valence-corrected chi connectivity index (χ0v) is 19.5. The van der Waals surface area contributed by atoms with Crippen molar-refractivity contribution in [3.63, 3.8) is 0 Å². The van der Waals surface area contributed by atoms with Gasteiger partial charge in [0.15, 0.2) is 17.0 Å². The first kappa shape index (κ1) is 22.2. The number of β-lactam (4-membered cyclic amide) rings is 1. The maximum atomic E-state index is 13.0. The topological polar surface area (TPSA) is 121 Å². The fraction of sp³-hybridized carbons (Fsp3) is 0.389. The van der Waals surface area contributed by atoms with Crippen molar-refractivity contribution < 1.29 is 23.7 Å². The third kappa shape index (κ3) is 4.11. The monoisotopic (exact) mass is 498 g/mol. The molecule has 2 aromatic rings. The molecule has 0 aromatic carbocycles. The molecule has 13 heteroatoms. The number of aromatic nitrogens is 2. The lowest BCUT2D eigenvalue weighted by atomic mass is 9.89. The summed E-state index contributed by atoms with van der Waals surface area (Å²) in [4.78, 5) is 47.0. The van der Waals surface area contributed by atoms with Crippen LogP contribution in [0, 0.1) is 5.41 Å². The van der Waals surface area contributed by atoms with Gasteiger partial charge in [-0.15, -0.1) is 34.9 Å². The molecule has 9 nitrogen and oxygen atoms in total. The fourth-order valence-corrected chi connectivity index (χ4v) is 8.44. The average molecular weight is 499 g/mol. The number of carboxylic acids is 1. The van der Waals surface area contributed by atoms with Crippen LogP contribution < -0.4 is 0 Å². The molecule has 0 aliphatic carbocycles. The van der Waals surface area contributed by atoms with Crippen LogP contribution in [0.25, 0.3) is 0 Å². The summed E-state index contributed by atoms with van der Waals surface area (Å²) >= 11 is 3.84. The highest BCUT2D eigenvalue weighted by Gasteiger charge is 2.60. The van der Waals surface area contributed by atoms with Crippen LogP contribution in [-0.4, -0.2) is 75.7 Å². The van der Waals surface area contributed by atoms with Crippen LogP contribution in [0.4, 0.5) is 0 Å². The minimum atomic E-state index is -1.79. The summed E-state index contributed by atoms with van der Waals surface area (Å²) in [5.74, 6) is -1.34. The number of nitrogens with zero attached hydrogens (tertiary/aromatic N) is 4. The lowest BCUT2D eigenvalue weighted by molar-refractivity contribution is -0.161. The van der Waals surface area contributed by atoms with Gasteiger partial charge in [0.1, 0.15) is 20.0 Å². The van der Waals surface area contributed by atoms with Crippen molar-refractivity contribution in [2.75, 3.05) is 18.1 Å². The summed E-state index contributed by atoms with van der Waals surface area (Å²) in [5.41, 5.74) is -1.15. The molecule has 0 spiro atoms. The van der Waals surface area contributed by atoms with Crippen LogP contribution >= 0.6 is 34.9 Å². The molecular weight excluding hydrogens is 480 g/mol. The zero-order chi connectivity index (χ0) is 22.2. The SMILES string of the molecule is CC(=O)N(C1C(=O)N2CC(CSc3cnccn3)(C(=O)O)CS[C@H]12)S(=O)c1cccs1. The van der Waals surface area contributed by atoms with E-state index in [1.807, 2.05) is 0 Å². The van der Waals surface area contributed by atoms with Crippen molar-refractivity contribution >= 4 is 63.6 Å². The molecule has 2 aromatic heterocycles. The molecule has 4 rings (SSSR count). The average Bonchev–Trinajstić information content (AvgIpc) is 3.30. The summed E-state index contributed by atoms with van der Waals surface area (Å²) in [5, 5.41) is 11.9. The van der Waals surface area contributed by atoms with E-state index in [9.17, 15) is 23.7 Å². The third-order valence-electron chi connectivity index (χ3n) is 5.02. The third-order valence-corrected chi connectivity index (χ3v) is 10.5. The Bertz CT molecular complexity index is 1020. The van der Waals surface area contributed by atoms with Crippen LogP contribution in [0.2, 0.25) is 0 Å². The Balaban J connectivity index is 1.51.